The number of amides is 2. The van der Waals surface area contributed by atoms with Gasteiger partial charge < -0.3 is 20.7 Å². The third-order valence-electron chi connectivity index (χ3n) is 8.41. The van der Waals surface area contributed by atoms with Gasteiger partial charge in [-0.05, 0) is 66.3 Å². The molecule has 2 aromatic rings. The summed E-state index contributed by atoms with van der Waals surface area (Å²) in [6.07, 6.45) is 3.37. The first-order valence-corrected chi connectivity index (χ1v) is 14.4. The van der Waals surface area contributed by atoms with Crippen molar-refractivity contribution in [3.8, 4) is 0 Å². The highest BCUT2D eigenvalue weighted by molar-refractivity contribution is 6.31. The highest BCUT2D eigenvalue weighted by Gasteiger charge is 2.66. The molecule has 0 aromatic heterocycles. The minimum absolute atomic E-state index is 0.0460. The van der Waals surface area contributed by atoms with Crippen molar-refractivity contribution in [2.24, 2.45) is 11.3 Å². The smallest absolute Gasteiger partial charge is 0.237 e. The summed E-state index contributed by atoms with van der Waals surface area (Å²) < 4.78 is 21.3. The van der Waals surface area contributed by atoms with E-state index in [2.05, 4.69) is 36.7 Å². The van der Waals surface area contributed by atoms with Gasteiger partial charge in [0.25, 0.3) is 0 Å². The molecule has 3 aliphatic rings. The molecule has 1 spiro atoms. The summed E-state index contributed by atoms with van der Waals surface area (Å²) in [6, 6.07) is 8.76. The van der Waals surface area contributed by atoms with Crippen molar-refractivity contribution in [1.82, 2.24) is 10.6 Å². The zero-order valence-electron chi connectivity index (χ0n) is 22.6. The highest BCUT2D eigenvalue weighted by Crippen LogP contribution is 2.57. The van der Waals surface area contributed by atoms with Gasteiger partial charge >= 0.3 is 0 Å². The van der Waals surface area contributed by atoms with E-state index in [1.54, 1.807) is 24.3 Å². The fourth-order valence-electron chi connectivity index (χ4n) is 6.70. The van der Waals surface area contributed by atoms with Gasteiger partial charge in [0, 0.05) is 42.4 Å². The third kappa shape index (κ3) is 5.31. The lowest BCUT2D eigenvalue weighted by Crippen LogP contribution is -2.49. The molecule has 3 N–H and O–H groups in total. The number of carbonyl (C=O) groups excluding carboxylic acids is 2. The summed E-state index contributed by atoms with van der Waals surface area (Å²) in [7, 11) is 0. The summed E-state index contributed by atoms with van der Waals surface area (Å²) >= 11 is 12.6. The van der Waals surface area contributed by atoms with E-state index in [1.807, 2.05) is 6.07 Å². The Morgan fingerprint density at radius 1 is 1.18 bits per heavy atom. The van der Waals surface area contributed by atoms with Crippen LogP contribution in [-0.2, 0) is 19.7 Å². The molecule has 2 saturated heterocycles. The maximum Gasteiger partial charge on any atom is 0.237 e. The van der Waals surface area contributed by atoms with E-state index in [-0.39, 0.29) is 27.8 Å². The molecule has 2 amide bonds. The molecule has 6 nitrogen and oxygen atoms in total. The van der Waals surface area contributed by atoms with Gasteiger partial charge in [0.15, 0.2) is 0 Å². The summed E-state index contributed by atoms with van der Waals surface area (Å²) in [5, 5.41) is 10.0. The van der Waals surface area contributed by atoms with E-state index >= 15 is 4.39 Å². The van der Waals surface area contributed by atoms with Crippen molar-refractivity contribution < 1.29 is 18.7 Å². The minimum atomic E-state index is -1.25. The number of carbonyl (C=O) groups is 2. The topological polar surface area (TPSA) is 79.5 Å². The molecular formula is C30H36Cl2FN3O3. The molecule has 0 aliphatic carbocycles. The Morgan fingerprint density at radius 2 is 1.92 bits per heavy atom. The van der Waals surface area contributed by atoms with E-state index < -0.39 is 29.2 Å². The first-order chi connectivity index (χ1) is 18.5. The number of ether oxygens (including phenoxy) is 1. The Balaban J connectivity index is 1.59. The molecule has 210 valence electrons. The number of hydrogen-bond donors (Lipinski definition) is 3. The van der Waals surface area contributed by atoms with E-state index in [4.69, 9.17) is 27.9 Å². The van der Waals surface area contributed by atoms with Crippen LogP contribution in [0, 0.1) is 17.2 Å². The SMILES string of the molecule is CC(C)(C)CC1NC(C(=O)NCCC2CCOCC2)C(c2cccc(Cl)c2F)C12C(=O)Nc1cc(Cl)ccc12. The van der Waals surface area contributed by atoms with Crippen molar-refractivity contribution in [1.29, 1.82) is 0 Å². The van der Waals surface area contributed by atoms with Gasteiger partial charge in [-0.1, -0.05) is 62.2 Å². The maximum atomic E-state index is 15.8. The molecule has 9 heteroatoms. The number of anilines is 1. The van der Waals surface area contributed by atoms with E-state index in [9.17, 15) is 9.59 Å². The molecule has 5 rings (SSSR count). The summed E-state index contributed by atoms with van der Waals surface area (Å²) in [6.45, 7) is 8.27. The van der Waals surface area contributed by atoms with Crippen LogP contribution in [0.1, 0.15) is 63.5 Å². The van der Waals surface area contributed by atoms with Crippen LogP contribution in [0.2, 0.25) is 10.0 Å². The molecule has 4 atom stereocenters. The van der Waals surface area contributed by atoms with Crippen molar-refractivity contribution in [3.63, 3.8) is 0 Å². The Hall–Kier alpha value is -2.19. The molecule has 39 heavy (non-hydrogen) atoms. The largest absolute Gasteiger partial charge is 0.381 e. The second-order valence-corrected chi connectivity index (χ2v) is 13.1. The molecule has 0 bridgehead atoms. The Kier molecular flexibility index (Phi) is 7.99. The van der Waals surface area contributed by atoms with Gasteiger partial charge in [-0.3, -0.25) is 9.59 Å². The van der Waals surface area contributed by atoms with E-state index in [0.717, 1.165) is 32.5 Å². The number of rotatable bonds is 6. The van der Waals surface area contributed by atoms with Crippen molar-refractivity contribution in [2.45, 2.75) is 69.9 Å². The number of nitrogens with one attached hydrogen (secondary N) is 3. The predicted molar refractivity (Wildman–Crippen MR) is 152 cm³/mol. The molecular weight excluding hydrogens is 540 g/mol. The fourth-order valence-corrected chi connectivity index (χ4v) is 7.05. The second kappa shape index (κ2) is 11.0. The monoisotopic (exact) mass is 575 g/mol. The summed E-state index contributed by atoms with van der Waals surface area (Å²) in [4.78, 5) is 28.0. The van der Waals surface area contributed by atoms with Crippen molar-refractivity contribution in [3.05, 3.63) is 63.4 Å². The molecule has 0 saturated carbocycles. The third-order valence-corrected chi connectivity index (χ3v) is 8.94. The number of hydrogen-bond acceptors (Lipinski definition) is 4. The zero-order valence-corrected chi connectivity index (χ0v) is 24.1. The first kappa shape index (κ1) is 28.3. The van der Waals surface area contributed by atoms with Gasteiger partial charge in [0.1, 0.15) is 11.2 Å². The average molecular weight is 577 g/mol. The van der Waals surface area contributed by atoms with Gasteiger partial charge in [-0.25, -0.2) is 4.39 Å². The molecule has 3 heterocycles. The first-order valence-electron chi connectivity index (χ1n) is 13.7. The Bertz CT molecular complexity index is 1260. The summed E-state index contributed by atoms with van der Waals surface area (Å²) in [5.74, 6) is -1.49. The quantitative estimate of drug-likeness (QED) is 0.405. The highest BCUT2D eigenvalue weighted by atomic mass is 35.5. The van der Waals surface area contributed by atoms with Crippen LogP contribution < -0.4 is 16.0 Å². The van der Waals surface area contributed by atoms with Crippen molar-refractivity contribution >= 4 is 40.7 Å². The molecule has 4 unspecified atom stereocenters. The number of fused-ring (bicyclic) bond motifs is 2. The van der Waals surface area contributed by atoms with Gasteiger partial charge in [-0.15, -0.1) is 0 Å². The average Bonchev–Trinajstić information content (AvgIpc) is 3.35. The summed E-state index contributed by atoms with van der Waals surface area (Å²) in [5.41, 5.74) is 0.101. The van der Waals surface area contributed by atoms with Gasteiger partial charge in [0.2, 0.25) is 11.8 Å². The van der Waals surface area contributed by atoms with Crippen LogP contribution in [-0.4, -0.2) is 43.7 Å². The van der Waals surface area contributed by atoms with Crippen LogP contribution in [0.25, 0.3) is 0 Å². The molecule has 0 radical (unpaired) electrons. The van der Waals surface area contributed by atoms with Crippen LogP contribution in [0.15, 0.2) is 36.4 Å². The molecule has 2 fully saturated rings. The number of benzene rings is 2. The Labute approximate surface area is 239 Å². The minimum Gasteiger partial charge on any atom is -0.381 e. The lowest BCUT2D eigenvalue weighted by atomic mass is 9.62. The van der Waals surface area contributed by atoms with Crippen LogP contribution in [0.4, 0.5) is 10.1 Å². The van der Waals surface area contributed by atoms with Gasteiger partial charge in [-0.2, -0.15) is 0 Å². The standard InChI is InChI=1S/C30H36Cl2FN3O3/c1-29(2,3)16-23-30(20-8-7-18(31)15-22(20)35-28(30)38)24(19-5-4-6-21(32)25(19)33)26(36-23)27(37)34-12-9-17-10-13-39-14-11-17/h4-8,15,17,23-24,26,36H,9-14,16H2,1-3H3,(H,34,37)(H,35,38). The van der Waals surface area contributed by atoms with E-state index in [1.165, 1.54) is 6.07 Å². The van der Waals surface area contributed by atoms with E-state index in [0.29, 0.717) is 35.2 Å². The van der Waals surface area contributed by atoms with Crippen LogP contribution >= 0.6 is 23.2 Å². The number of halogens is 3. The Morgan fingerprint density at radius 3 is 2.64 bits per heavy atom. The maximum absolute atomic E-state index is 15.8. The van der Waals surface area contributed by atoms with Crippen LogP contribution in [0.3, 0.4) is 0 Å². The van der Waals surface area contributed by atoms with Gasteiger partial charge in [0.05, 0.1) is 11.1 Å². The normalized spacial score (nSPS) is 27.0. The molecule has 3 aliphatic heterocycles. The van der Waals surface area contributed by atoms with Crippen LogP contribution in [0.5, 0.6) is 0 Å². The lowest BCUT2D eigenvalue weighted by Gasteiger charge is -2.37. The van der Waals surface area contributed by atoms with Crippen molar-refractivity contribution in [2.75, 3.05) is 25.1 Å². The molecule has 2 aromatic carbocycles. The fraction of sp³-hybridized carbons (Fsp3) is 0.533. The second-order valence-electron chi connectivity index (χ2n) is 12.2. The zero-order chi connectivity index (χ0) is 27.9. The predicted octanol–water partition coefficient (Wildman–Crippen LogP) is 5.82. The lowest BCUT2D eigenvalue weighted by molar-refractivity contribution is -0.123.